The Morgan fingerprint density at radius 2 is 1.34 bits per heavy atom. The second kappa shape index (κ2) is 20.2. The molecule has 0 radical (unpaired) electrons. The van der Waals surface area contributed by atoms with Gasteiger partial charge in [-0.15, -0.1) is 11.3 Å². The highest BCUT2D eigenvalue weighted by molar-refractivity contribution is 7.23. The second-order valence-corrected chi connectivity index (χ2v) is 16.4. The van der Waals surface area contributed by atoms with Crippen LogP contribution in [0.15, 0.2) is 66.7 Å². The quantitative estimate of drug-likeness (QED) is 0.126. The fraction of sp³-hybridized carbons (Fsp3) is 0.341. The molecule has 0 bridgehead atoms. The summed E-state index contributed by atoms with van der Waals surface area (Å²) in [5, 5.41) is 7.30. The maximum Gasteiger partial charge on any atom is 0.409 e. The van der Waals surface area contributed by atoms with Crippen LogP contribution in [0.5, 0.6) is 11.5 Å². The number of methoxy groups -OCH3 is 3. The number of primary amides is 1. The second-order valence-electron chi connectivity index (χ2n) is 14.4. The molecule has 8 rings (SSSR count). The molecule has 0 unspecified atom stereocenters. The molecule has 326 valence electrons. The molecule has 2 fully saturated rings. The number of benzene rings is 4. The van der Waals surface area contributed by atoms with Crippen molar-refractivity contribution in [3.63, 3.8) is 0 Å². The zero-order chi connectivity index (χ0) is 43.8. The number of nitrogens with zero attached hydrogens (tertiary/aromatic N) is 5. The number of ether oxygens (including phenoxy) is 5. The molecule has 0 spiro atoms. The van der Waals surface area contributed by atoms with E-state index in [2.05, 4.69) is 31.5 Å². The lowest BCUT2D eigenvalue weighted by Gasteiger charge is -2.29. The number of rotatable bonds is 12. The zero-order valence-electron chi connectivity index (χ0n) is 35.3. The van der Waals surface area contributed by atoms with Gasteiger partial charge in [-0.05, 0) is 66.7 Å². The highest BCUT2D eigenvalue weighted by Gasteiger charge is 2.23. The number of morpholine rings is 2. The molecule has 18 heteroatoms. The number of thiazole rings is 2. The van der Waals surface area contributed by atoms with E-state index in [4.69, 9.17) is 34.4 Å². The van der Waals surface area contributed by atoms with Crippen LogP contribution >= 0.6 is 22.7 Å². The number of amides is 3. The lowest BCUT2D eigenvalue weighted by molar-refractivity contribution is 0.0998. The van der Waals surface area contributed by atoms with Gasteiger partial charge in [-0.25, -0.2) is 14.8 Å². The molecule has 62 heavy (non-hydrogen) atoms. The van der Waals surface area contributed by atoms with Gasteiger partial charge in [0.15, 0.2) is 5.13 Å². The van der Waals surface area contributed by atoms with Crippen LogP contribution in [0.25, 0.3) is 31.0 Å². The molecule has 16 nitrogen and oxygen atoms in total. The van der Waals surface area contributed by atoms with Gasteiger partial charge in [0.05, 0.1) is 68.5 Å². The van der Waals surface area contributed by atoms with Gasteiger partial charge in [0.1, 0.15) is 27.5 Å². The van der Waals surface area contributed by atoms with Crippen LogP contribution in [0, 0.1) is 0 Å². The van der Waals surface area contributed by atoms with Crippen molar-refractivity contribution in [2.75, 3.05) is 103 Å². The van der Waals surface area contributed by atoms with Gasteiger partial charge in [0, 0.05) is 63.0 Å². The van der Waals surface area contributed by atoms with E-state index in [-0.39, 0.29) is 5.91 Å². The molecule has 2 aliphatic rings. The van der Waals surface area contributed by atoms with E-state index in [0.717, 1.165) is 79.7 Å². The summed E-state index contributed by atoms with van der Waals surface area (Å²) in [4.78, 5) is 52.0. The molecule has 3 amide bonds. The van der Waals surface area contributed by atoms with Crippen LogP contribution in [-0.4, -0.2) is 121 Å². The number of anilines is 3. The number of hydrogen-bond donors (Lipinski definition) is 3. The largest absolute Gasteiger partial charge is 0.494 e. The Bertz CT molecular complexity index is 2530. The maximum atomic E-state index is 12.8. The minimum atomic E-state index is -0.462. The molecule has 4 heterocycles. The number of nitrogens with one attached hydrogen (secondary N) is 2. The Morgan fingerprint density at radius 3 is 1.89 bits per heavy atom. The first-order valence-corrected chi connectivity index (χ1v) is 21.6. The molecule has 0 saturated carbocycles. The lowest BCUT2D eigenvalue weighted by Crippen LogP contribution is -2.36. The summed E-state index contributed by atoms with van der Waals surface area (Å²) >= 11 is 2.98. The molecule has 4 N–H and O–H groups in total. The van der Waals surface area contributed by atoms with Crippen LogP contribution in [0.4, 0.5) is 21.3 Å². The van der Waals surface area contributed by atoms with Crippen molar-refractivity contribution in [1.82, 2.24) is 20.2 Å². The topological polar surface area (TPSA) is 183 Å². The summed E-state index contributed by atoms with van der Waals surface area (Å²) in [5.74, 6) is 0.661. The third-order valence-electron chi connectivity index (χ3n) is 10.4. The average molecular weight is 883 g/mol. The summed E-state index contributed by atoms with van der Waals surface area (Å²) in [7, 11) is 8.14. The molecule has 4 aromatic carbocycles. The Labute approximate surface area is 367 Å². The maximum absolute atomic E-state index is 12.8. The summed E-state index contributed by atoms with van der Waals surface area (Å²) in [6.45, 7) is 7.13. The van der Waals surface area contributed by atoms with E-state index in [9.17, 15) is 14.4 Å². The minimum Gasteiger partial charge on any atom is -0.494 e. The van der Waals surface area contributed by atoms with Crippen LogP contribution in [0.2, 0.25) is 0 Å². The lowest BCUT2D eigenvalue weighted by atomic mass is 10.0. The van der Waals surface area contributed by atoms with Crippen molar-refractivity contribution in [3.05, 3.63) is 89.0 Å². The van der Waals surface area contributed by atoms with Gasteiger partial charge in [-0.1, -0.05) is 29.5 Å². The summed E-state index contributed by atoms with van der Waals surface area (Å²) in [6, 6.07) is 20.7. The predicted octanol–water partition coefficient (Wildman–Crippen LogP) is 6.22. The fourth-order valence-electron chi connectivity index (χ4n) is 7.27. The normalized spacial score (nSPS) is 14.0. The van der Waals surface area contributed by atoms with Gasteiger partial charge < -0.3 is 49.4 Å². The van der Waals surface area contributed by atoms with Crippen molar-refractivity contribution in [3.8, 4) is 22.1 Å². The third kappa shape index (κ3) is 9.85. The van der Waals surface area contributed by atoms with E-state index in [0.29, 0.717) is 67.3 Å². The summed E-state index contributed by atoms with van der Waals surface area (Å²) < 4.78 is 28.7. The van der Waals surface area contributed by atoms with Crippen molar-refractivity contribution in [2.24, 2.45) is 5.73 Å². The number of carbonyl (C=O) groups excluding carboxylic acids is 3. The van der Waals surface area contributed by atoms with Gasteiger partial charge in [0.2, 0.25) is 5.91 Å². The summed E-state index contributed by atoms with van der Waals surface area (Å²) in [5.41, 5.74) is 13.0. The van der Waals surface area contributed by atoms with E-state index in [1.54, 1.807) is 50.8 Å². The van der Waals surface area contributed by atoms with Crippen LogP contribution < -0.4 is 35.6 Å². The number of fused-ring (bicyclic) bond motifs is 2. The number of nitrogens with two attached hydrogens (primary N) is 1. The van der Waals surface area contributed by atoms with E-state index in [1.807, 2.05) is 49.5 Å². The molecule has 0 atom stereocenters. The van der Waals surface area contributed by atoms with E-state index >= 15 is 0 Å². The van der Waals surface area contributed by atoms with E-state index < -0.39 is 12.0 Å². The van der Waals surface area contributed by atoms with Crippen molar-refractivity contribution in [1.29, 1.82) is 0 Å². The highest BCUT2D eigenvalue weighted by atomic mass is 32.1. The predicted molar refractivity (Wildman–Crippen MR) is 243 cm³/mol. The molecule has 6 aromatic rings. The smallest absolute Gasteiger partial charge is 0.409 e. The number of carbonyl (C=O) groups is 3. The Kier molecular flexibility index (Phi) is 14.4. The standard InChI is InChI=1S/C23H26N4O5S.C21H24N4O3S/c1-26(23(29)31-3)14-15-4-6-16(7-5-15)21(28)25-22-24-19-18(30-2)9-8-17(20(19)33-22)27-10-12-32-13-11-27;1-23-12-13-3-4-14(20(22)26)15(11-13)21-24-18-17(27-2)6-5-16(19(18)29-21)25-7-9-28-10-8-25/h4-9H,10-14H2,1-3H3,(H,24,25,28);3-6,11,23H,7-10,12H2,1-2H3,(H2,22,26). The van der Waals surface area contributed by atoms with E-state index in [1.165, 1.54) is 23.3 Å². The first kappa shape index (κ1) is 44.0. The molecule has 2 aliphatic heterocycles. The molecule has 2 aromatic heterocycles. The monoisotopic (exact) mass is 882 g/mol. The van der Waals surface area contributed by atoms with Crippen LogP contribution in [0.1, 0.15) is 31.8 Å². The van der Waals surface area contributed by atoms with Crippen LogP contribution in [-0.2, 0) is 27.3 Å². The first-order valence-electron chi connectivity index (χ1n) is 20.0. The minimum absolute atomic E-state index is 0.256. The third-order valence-corrected chi connectivity index (χ3v) is 12.5. The molecule has 2 saturated heterocycles. The Hall–Kier alpha value is -6.05. The van der Waals surface area contributed by atoms with Crippen molar-refractivity contribution in [2.45, 2.75) is 13.1 Å². The molecular formula is C44H50N8O8S2. The fourth-order valence-corrected chi connectivity index (χ4v) is 9.44. The summed E-state index contributed by atoms with van der Waals surface area (Å²) in [6.07, 6.45) is -0.417. The van der Waals surface area contributed by atoms with Gasteiger partial charge in [0.25, 0.3) is 5.91 Å². The first-order chi connectivity index (χ1) is 30.1. The van der Waals surface area contributed by atoms with Gasteiger partial charge in [-0.2, -0.15) is 0 Å². The van der Waals surface area contributed by atoms with Gasteiger partial charge >= 0.3 is 6.09 Å². The SMILES string of the molecule is CNCc1ccc(C(N)=O)c(-c2nc3c(OC)ccc(N4CCOCC4)c3s2)c1.COC(=O)N(C)Cc1ccc(C(=O)Nc2nc3c(OC)ccc(N4CCOCC4)c3s2)cc1. The van der Waals surface area contributed by atoms with Crippen molar-refractivity contribution < 1.29 is 38.1 Å². The molecule has 0 aliphatic carbocycles. The number of hydrogen-bond acceptors (Lipinski definition) is 15. The Morgan fingerprint density at radius 1 is 0.774 bits per heavy atom. The Balaban J connectivity index is 0.000000188. The average Bonchev–Trinajstić information content (AvgIpc) is 3.95. The van der Waals surface area contributed by atoms with Gasteiger partial charge in [-0.3, -0.25) is 14.9 Å². The molecular weight excluding hydrogens is 833 g/mol. The zero-order valence-corrected chi connectivity index (χ0v) is 37.0. The van der Waals surface area contributed by atoms with Crippen LogP contribution in [0.3, 0.4) is 0 Å². The highest BCUT2D eigenvalue weighted by Crippen LogP contribution is 2.42. The number of aromatic nitrogens is 2. The van der Waals surface area contributed by atoms with Crippen molar-refractivity contribution >= 4 is 77.5 Å².